The molecule has 0 saturated heterocycles. The van der Waals surface area contributed by atoms with Crippen LogP contribution in [0.5, 0.6) is 5.75 Å². The summed E-state index contributed by atoms with van der Waals surface area (Å²) in [5.74, 6) is 0.104. The van der Waals surface area contributed by atoms with E-state index in [1.54, 1.807) is 12.1 Å². The third kappa shape index (κ3) is 5.92. The van der Waals surface area contributed by atoms with Crippen LogP contribution in [0.15, 0.2) is 53.4 Å². The highest BCUT2D eigenvalue weighted by atomic mass is 32.2. The fourth-order valence-electron chi connectivity index (χ4n) is 4.32. The number of ether oxygens (including phenoxy) is 1. The normalized spacial score (nSPS) is 17.6. The van der Waals surface area contributed by atoms with Gasteiger partial charge in [0.2, 0.25) is 15.9 Å². The lowest BCUT2D eigenvalue weighted by atomic mass is 9.73. The molecule has 2 aliphatic rings. The molecule has 0 bridgehead atoms. The Balaban J connectivity index is 1.54. The molecule has 1 radical (unpaired) electrons. The molecule has 10 heteroatoms. The van der Waals surface area contributed by atoms with Gasteiger partial charge in [-0.05, 0) is 42.5 Å². The zero-order chi connectivity index (χ0) is 24.1. The van der Waals surface area contributed by atoms with Crippen LogP contribution < -0.4 is 19.7 Å². The fourth-order valence-corrected chi connectivity index (χ4v) is 5.53. The summed E-state index contributed by atoms with van der Waals surface area (Å²) in [6, 6.07) is 12.9. The molecule has 4 rings (SSSR count). The first kappa shape index (κ1) is 24.6. The lowest BCUT2D eigenvalue weighted by Crippen LogP contribution is -2.52. The molecule has 1 aliphatic heterocycles. The van der Waals surface area contributed by atoms with Crippen molar-refractivity contribution < 1.29 is 23.0 Å². The number of hydrogen-bond donors (Lipinski definition) is 3. The molecule has 181 valence electrons. The van der Waals surface area contributed by atoms with Gasteiger partial charge in [-0.1, -0.05) is 49.6 Å². The van der Waals surface area contributed by atoms with Gasteiger partial charge in [0, 0.05) is 13.0 Å². The molecule has 3 N–H and O–H groups in total. The van der Waals surface area contributed by atoms with Gasteiger partial charge in [0.15, 0.2) is 0 Å². The van der Waals surface area contributed by atoms with E-state index in [2.05, 4.69) is 10.0 Å². The number of rotatable bonds is 10. The SMILES string of the molecule is CN1CCOc2ccc(S(=O)(=O)N[C@@H](Cc3ccccc3)C(=O)N[C@H]([B]O)CC3CCC3)cc21. The third-order valence-electron chi connectivity index (χ3n) is 6.55. The largest absolute Gasteiger partial charge is 0.490 e. The smallest absolute Gasteiger partial charge is 0.311 e. The van der Waals surface area contributed by atoms with Gasteiger partial charge in [0.1, 0.15) is 18.4 Å². The van der Waals surface area contributed by atoms with Crippen molar-refractivity contribution in [2.45, 2.75) is 49.0 Å². The minimum atomic E-state index is -4.01. The number of nitrogens with one attached hydrogen (secondary N) is 2. The maximum atomic E-state index is 13.3. The summed E-state index contributed by atoms with van der Waals surface area (Å²) in [7, 11) is -1.14. The lowest BCUT2D eigenvalue weighted by Gasteiger charge is -2.30. The Morgan fingerprint density at radius 1 is 1.24 bits per heavy atom. The Morgan fingerprint density at radius 2 is 2.00 bits per heavy atom. The maximum Gasteiger partial charge on any atom is 0.311 e. The molecule has 1 fully saturated rings. The van der Waals surface area contributed by atoms with Gasteiger partial charge in [-0.25, -0.2) is 8.42 Å². The molecule has 1 aliphatic carbocycles. The number of nitrogens with zero attached hydrogens (tertiary/aromatic N) is 1. The lowest BCUT2D eigenvalue weighted by molar-refractivity contribution is -0.123. The van der Waals surface area contributed by atoms with E-state index in [1.807, 2.05) is 42.3 Å². The summed E-state index contributed by atoms with van der Waals surface area (Å²) in [5, 5.41) is 12.5. The van der Waals surface area contributed by atoms with E-state index < -0.39 is 27.9 Å². The molecule has 2 aromatic carbocycles. The van der Waals surface area contributed by atoms with Gasteiger partial charge in [-0.2, -0.15) is 4.72 Å². The molecule has 0 unspecified atom stereocenters. The number of fused-ring (bicyclic) bond motifs is 1. The van der Waals surface area contributed by atoms with Crippen LogP contribution in [0.3, 0.4) is 0 Å². The zero-order valence-electron chi connectivity index (χ0n) is 19.3. The number of likely N-dealkylation sites (N-methyl/N-ethyl adjacent to an activating group) is 1. The number of carbonyl (C=O) groups excluding carboxylic acids is 1. The summed E-state index contributed by atoms with van der Waals surface area (Å²) in [6.07, 6.45) is 4.15. The molecular formula is C24H31BN3O5S. The van der Waals surface area contributed by atoms with Gasteiger partial charge in [0.25, 0.3) is 0 Å². The van der Waals surface area contributed by atoms with E-state index in [4.69, 9.17) is 4.74 Å². The second-order valence-corrected chi connectivity index (χ2v) is 10.8. The number of hydrogen-bond acceptors (Lipinski definition) is 6. The highest BCUT2D eigenvalue weighted by molar-refractivity contribution is 7.89. The Hall–Kier alpha value is -2.56. The molecule has 34 heavy (non-hydrogen) atoms. The van der Waals surface area contributed by atoms with Crippen molar-refractivity contribution >= 4 is 29.1 Å². The van der Waals surface area contributed by atoms with Crippen molar-refractivity contribution in [3.05, 3.63) is 54.1 Å². The molecule has 1 saturated carbocycles. The number of anilines is 1. The number of carbonyl (C=O) groups is 1. The Kier molecular flexibility index (Phi) is 7.80. The average molecular weight is 484 g/mol. The predicted octanol–water partition coefficient (Wildman–Crippen LogP) is 1.65. The van der Waals surface area contributed by atoms with Gasteiger partial charge < -0.3 is 20.0 Å². The fraction of sp³-hybridized carbons (Fsp3) is 0.458. The van der Waals surface area contributed by atoms with Crippen LogP contribution in [0.25, 0.3) is 0 Å². The first-order chi connectivity index (χ1) is 16.4. The topological polar surface area (TPSA) is 108 Å². The van der Waals surface area contributed by atoms with Crippen LogP contribution in [-0.4, -0.2) is 59.0 Å². The molecule has 8 nitrogen and oxygen atoms in total. The van der Waals surface area contributed by atoms with Crippen LogP contribution in [0, 0.1) is 5.92 Å². The van der Waals surface area contributed by atoms with Crippen molar-refractivity contribution in [1.82, 2.24) is 10.0 Å². The molecule has 1 amide bonds. The molecule has 1 heterocycles. The second-order valence-electron chi connectivity index (χ2n) is 9.06. The van der Waals surface area contributed by atoms with E-state index in [9.17, 15) is 18.2 Å². The summed E-state index contributed by atoms with van der Waals surface area (Å²) in [5.41, 5.74) is 1.51. The summed E-state index contributed by atoms with van der Waals surface area (Å²) in [6.45, 7) is 1.19. The van der Waals surface area contributed by atoms with Gasteiger partial charge in [-0.3, -0.25) is 4.79 Å². The van der Waals surface area contributed by atoms with E-state index in [-0.39, 0.29) is 11.3 Å². The summed E-state index contributed by atoms with van der Waals surface area (Å²) >= 11 is 0. The monoisotopic (exact) mass is 484 g/mol. The minimum absolute atomic E-state index is 0.0641. The minimum Gasteiger partial charge on any atom is -0.490 e. The summed E-state index contributed by atoms with van der Waals surface area (Å²) in [4.78, 5) is 15.2. The van der Waals surface area contributed by atoms with E-state index in [0.29, 0.717) is 36.9 Å². The van der Waals surface area contributed by atoms with Gasteiger partial charge >= 0.3 is 7.48 Å². The first-order valence-electron chi connectivity index (χ1n) is 11.7. The van der Waals surface area contributed by atoms with E-state index in [0.717, 1.165) is 32.3 Å². The Bertz CT molecular complexity index is 1100. The van der Waals surface area contributed by atoms with E-state index in [1.165, 1.54) is 6.07 Å². The van der Waals surface area contributed by atoms with Crippen molar-refractivity contribution in [3.63, 3.8) is 0 Å². The quantitative estimate of drug-likeness (QED) is 0.443. The van der Waals surface area contributed by atoms with Crippen molar-refractivity contribution in [2.75, 3.05) is 25.1 Å². The number of sulfonamides is 1. The van der Waals surface area contributed by atoms with Gasteiger partial charge in [-0.15, -0.1) is 0 Å². The first-order valence-corrected chi connectivity index (χ1v) is 13.2. The van der Waals surface area contributed by atoms with Crippen molar-refractivity contribution in [3.8, 4) is 5.75 Å². The third-order valence-corrected chi connectivity index (χ3v) is 8.02. The van der Waals surface area contributed by atoms with Crippen molar-refractivity contribution in [2.24, 2.45) is 5.92 Å². The highest BCUT2D eigenvalue weighted by Gasteiger charge is 2.30. The molecule has 0 spiro atoms. The van der Waals surface area contributed by atoms with Crippen LogP contribution in [0.1, 0.15) is 31.2 Å². The standard InChI is InChI=1S/C24H31BN3O5S/c1-28-12-13-33-22-11-10-19(16-21(22)28)34(31,32)27-20(14-17-6-3-2-4-7-17)24(29)26-23(25-30)15-18-8-5-9-18/h2-4,6-7,10-11,16,18,20,23,27,30H,5,8-9,12-15H2,1H3,(H,26,29)/t20-,23-/m0/s1. The predicted molar refractivity (Wildman–Crippen MR) is 131 cm³/mol. The molecule has 2 atom stereocenters. The zero-order valence-corrected chi connectivity index (χ0v) is 20.1. The van der Waals surface area contributed by atoms with Crippen LogP contribution in [0.4, 0.5) is 5.69 Å². The Labute approximate surface area is 202 Å². The maximum absolute atomic E-state index is 13.3. The number of benzene rings is 2. The van der Waals surface area contributed by atoms with Crippen LogP contribution >= 0.6 is 0 Å². The van der Waals surface area contributed by atoms with Crippen LogP contribution in [0.2, 0.25) is 0 Å². The van der Waals surface area contributed by atoms with Gasteiger partial charge in [0.05, 0.1) is 17.1 Å². The molecular weight excluding hydrogens is 453 g/mol. The Morgan fingerprint density at radius 3 is 2.68 bits per heavy atom. The van der Waals surface area contributed by atoms with Crippen LogP contribution in [-0.2, 0) is 21.2 Å². The van der Waals surface area contributed by atoms with Crippen molar-refractivity contribution in [1.29, 1.82) is 0 Å². The molecule has 0 aromatic heterocycles. The second kappa shape index (κ2) is 10.8. The average Bonchev–Trinajstić information content (AvgIpc) is 2.80. The summed E-state index contributed by atoms with van der Waals surface area (Å²) < 4.78 is 34.8. The molecule has 2 aromatic rings. The number of amides is 1. The highest BCUT2D eigenvalue weighted by Crippen LogP contribution is 2.33. The van der Waals surface area contributed by atoms with E-state index >= 15 is 0 Å².